The molecule has 0 spiro atoms. The first kappa shape index (κ1) is 37.7. The van der Waals surface area contributed by atoms with Crippen molar-refractivity contribution in [2.75, 3.05) is 0 Å². The summed E-state index contributed by atoms with van der Waals surface area (Å²) >= 11 is 0. The van der Waals surface area contributed by atoms with Crippen LogP contribution in [0, 0.1) is 11.8 Å². The summed E-state index contributed by atoms with van der Waals surface area (Å²) in [6.45, 7) is 8.34. The topological polar surface area (TPSA) is 98.0 Å². The Hall–Kier alpha value is -4.20. The van der Waals surface area contributed by atoms with Gasteiger partial charge in [0.15, 0.2) is 0 Å². The minimum Gasteiger partial charge on any atom is -0.344 e. The molecule has 2 amide bonds. The number of carbonyl (C=O) groups excluding carboxylic acids is 2. The number of aromatic amines is 2. The Bertz CT molecular complexity index is 1890. The molecule has 2 saturated heterocycles. The van der Waals surface area contributed by atoms with E-state index in [2.05, 4.69) is 76.2 Å². The molecule has 2 aliphatic heterocycles. The molecule has 292 valence electrons. The summed E-state index contributed by atoms with van der Waals surface area (Å²) in [5, 5.41) is 0. The summed E-state index contributed by atoms with van der Waals surface area (Å²) < 4.78 is 0. The second-order valence-corrected chi connectivity index (χ2v) is 17.6. The fourth-order valence-electron chi connectivity index (χ4n) is 10.7. The summed E-state index contributed by atoms with van der Waals surface area (Å²) in [4.78, 5) is 49.1. The number of imidazole rings is 2. The van der Waals surface area contributed by atoms with Crippen molar-refractivity contribution in [3.05, 3.63) is 95.5 Å². The largest absolute Gasteiger partial charge is 0.344 e. The van der Waals surface area contributed by atoms with Crippen molar-refractivity contribution >= 4 is 11.8 Å². The van der Waals surface area contributed by atoms with Gasteiger partial charge >= 0.3 is 0 Å². The van der Waals surface area contributed by atoms with Gasteiger partial charge in [0.1, 0.15) is 11.6 Å². The molecular formula is C47H62N6O2. The van der Waals surface area contributed by atoms with Crippen LogP contribution in [0.25, 0.3) is 11.3 Å². The Morgan fingerprint density at radius 2 is 1.45 bits per heavy atom. The zero-order chi connectivity index (χ0) is 38.1. The van der Waals surface area contributed by atoms with Gasteiger partial charge in [0.25, 0.3) is 0 Å². The van der Waals surface area contributed by atoms with Crippen molar-refractivity contribution in [1.82, 2.24) is 29.7 Å². The zero-order valence-electron chi connectivity index (χ0n) is 33.6. The lowest BCUT2D eigenvalue weighted by atomic mass is 9.77. The Kier molecular flexibility index (Phi) is 11.3. The predicted octanol–water partition coefficient (Wildman–Crippen LogP) is 10.8. The number of fused-ring (bicyclic) bond motifs is 1. The number of rotatable bonds is 11. The molecule has 55 heavy (non-hydrogen) atoms. The highest BCUT2D eigenvalue weighted by molar-refractivity contribution is 5.84. The van der Waals surface area contributed by atoms with Crippen molar-refractivity contribution < 1.29 is 9.59 Å². The molecule has 6 atom stereocenters. The number of unbranched alkanes of at least 4 members (excludes halogenated alkanes) is 1. The minimum atomic E-state index is -0.175. The average Bonchev–Trinajstić information content (AvgIpc) is 4.05. The lowest BCUT2D eigenvalue weighted by molar-refractivity contribution is -0.138. The fraction of sp³-hybridized carbons (Fsp3) is 0.574. The van der Waals surface area contributed by atoms with Crippen LogP contribution in [0.15, 0.2) is 67.0 Å². The lowest BCUT2D eigenvalue weighted by Crippen LogP contribution is -2.42. The van der Waals surface area contributed by atoms with Crippen molar-refractivity contribution in [1.29, 1.82) is 0 Å². The number of nitrogens with zero attached hydrogens (tertiary/aromatic N) is 4. The third-order valence-corrected chi connectivity index (χ3v) is 13.9. The van der Waals surface area contributed by atoms with Crippen LogP contribution >= 0.6 is 0 Å². The van der Waals surface area contributed by atoms with Crippen LogP contribution in [-0.4, -0.2) is 53.6 Å². The zero-order valence-corrected chi connectivity index (χ0v) is 33.6. The molecule has 2 N–H and O–H groups in total. The van der Waals surface area contributed by atoms with Crippen LogP contribution in [0.1, 0.15) is 176 Å². The van der Waals surface area contributed by atoms with E-state index in [1.165, 1.54) is 30.5 Å². The van der Waals surface area contributed by atoms with Gasteiger partial charge in [-0.05, 0) is 99.7 Å². The molecule has 2 aromatic heterocycles. The van der Waals surface area contributed by atoms with Crippen LogP contribution in [0.2, 0.25) is 0 Å². The van der Waals surface area contributed by atoms with Crippen molar-refractivity contribution in [2.24, 2.45) is 11.8 Å². The lowest BCUT2D eigenvalue weighted by Gasteiger charge is -2.35. The number of aromatic nitrogens is 4. The van der Waals surface area contributed by atoms with Gasteiger partial charge in [0.2, 0.25) is 11.8 Å². The van der Waals surface area contributed by atoms with E-state index in [0.717, 1.165) is 99.1 Å². The predicted molar refractivity (Wildman–Crippen MR) is 218 cm³/mol. The molecule has 0 radical (unpaired) electrons. The van der Waals surface area contributed by atoms with E-state index >= 15 is 0 Å². The molecule has 4 aliphatic rings. The van der Waals surface area contributed by atoms with Crippen molar-refractivity contribution in [3.63, 3.8) is 0 Å². The molecule has 4 aromatic rings. The SMILES string of the molecule is CCCCC1CCC(c2ncc(C3CCC(c4ccc(-c5cnc(C6CC7CCCCC7N6C(=O)C(C)c6ccccc6)[nH]5)cc4)CC3)[nH]2)N1C(=O)C(C)C. The monoisotopic (exact) mass is 742 g/mol. The third kappa shape index (κ3) is 7.67. The summed E-state index contributed by atoms with van der Waals surface area (Å²) in [5.74, 6) is 3.79. The van der Waals surface area contributed by atoms with Crippen LogP contribution < -0.4 is 0 Å². The molecule has 2 aromatic carbocycles. The average molecular weight is 743 g/mol. The number of likely N-dealkylation sites (tertiary alicyclic amines) is 2. The molecular weight excluding hydrogens is 681 g/mol. The Morgan fingerprint density at radius 3 is 2.20 bits per heavy atom. The van der Waals surface area contributed by atoms with E-state index in [1.54, 1.807) is 0 Å². The summed E-state index contributed by atoms with van der Waals surface area (Å²) in [7, 11) is 0. The Morgan fingerprint density at radius 1 is 0.745 bits per heavy atom. The van der Waals surface area contributed by atoms with Crippen LogP contribution in [0.4, 0.5) is 0 Å². The van der Waals surface area contributed by atoms with Crippen LogP contribution in [-0.2, 0) is 9.59 Å². The number of amides is 2. The highest BCUT2D eigenvalue weighted by Gasteiger charge is 2.47. The van der Waals surface area contributed by atoms with E-state index in [1.807, 2.05) is 38.2 Å². The number of nitrogens with one attached hydrogen (secondary N) is 2. The number of hydrogen-bond donors (Lipinski definition) is 2. The van der Waals surface area contributed by atoms with Gasteiger partial charge in [-0.2, -0.15) is 0 Å². The molecule has 6 unspecified atom stereocenters. The molecule has 2 aliphatic carbocycles. The van der Waals surface area contributed by atoms with Crippen molar-refractivity contribution in [3.8, 4) is 11.3 Å². The van der Waals surface area contributed by atoms with Gasteiger partial charge in [-0.3, -0.25) is 9.59 Å². The molecule has 4 heterocycles. The molecule has 4 fully saturated rings. The van der Waals surface area contributed by atoms with Gasteiger partial charge in [0.05, 0.1) is 29.9 Å². The standard InChI is InChI=1S/C47H62N6O2/c1-5-6-15-38-25-26-42(52(38)46(54)30(2)3)44-48-28-39(50-44)35-21-17-33(18-22-35)34-19-23-36(24-20-34)40-29-49-45(51-40)43-27-37-14-10-11-16-41(37)53(43)47(55)31(4)32-12-8-7-9-13-32/h7-9,12-13,19-20,23-24,28-31,33,35,37-38,41-43H,5-6,10-11,14-18,21-22,25-27H2,1-4H3,(H,48,50)(H,49,51). The first-order valence-electron chi connectivity index (χ1n) is 21.7. The Balaban J connectivity index is 0.904. The van der Waals surface area contributed by atoms with Gasteiger partial charge in [-0.25, -0.2) is 9.97 Å². The highest BCUT2D eigenvalue weighted by Crippen LogP contribution is 2.47. The first-order valence-corrected chi connectivity index (χ1v) is 21.7. The van der Waals surface area contributed by atoms with Crippen molar-refractivity contribution in [2.45, 2.75) is 160 Å². The fourth-order valence-corrected chi connectivity index (χ4v) is 10.7. The second kappa shape index (κ2) is 16.5. The first-order chi connectivity index (χ1) is 26.8. The van der Waals surface area contributed by atoms with Gasteiger partial charge < -0.3 is 19.8 Å². The van der Waals surface area contributed by atoms with E-state index in [0.29, 0.717) is 29.8 Å². The van der Waals surface area contributed by atoms with E-state index in [-0.39, 0.29) is 35.7 Å². The maximum Gasteiger partial charge on any atom is 0.230 e. The summed E-state index contributed by atoms with van der Waals surface area (Å²) in [6.07, 6.45) is 19.8. The van der Waals surface area contributed by atoms with E-state index < -0.39 is 0 Å². The number of benzene rings is 2. The molecule has 0 bridgehead atoms. The number of H-pyrrole nitrogens is 2. The molecule has 8 heteroatoms. The second-order valence-electron chi connectivity index (χ2n) is 17.6. The highest BCUT2D eigenvalue weighted by atomic mass is 16.2. The Labute approximate surface area is 328 Å². The van der Waals surface area contributed by atoms with Gasteiger partial charge in [-0.15, -0.1) is 0 Å². The number of carbonyl (C=O) groups is 2. The van der Waals surface area contributed by atoms with E-state index in [4.69, 9.17) is 9.97 Å². The molecule has 8 nitrogen and oxygen atoms in total. The van der Waals surface area contributed by atoms with E-state index in [9.17, 15) is 9.59 Å². The van der Waals surface area contributed by atoms with Gasteiger partial charge in [-0.1, -0.05) is 101 Å². The smallest absolute Gasteiger partial charge is 0.230 e. The normalized spacial score (nSPS) is 27.4. The third-order valence-electron chi connectivity index (χ3n) is 13.9. The quantitative estimate of drug-likeness (QED) is 0.160. The minimum absolute atomic E-state index is 0.000876. The van der Waals surface area contributed by atoms with Crippen LogP contribution in [0.3, 0.4) is 0 Å². The van der Waals surface area contributed by atoms with Crippen LogP contribution in [0.5, 0.6) is 0 Å². The van der Waals surface area contributed by atoms with Gasteiger partial charge in [0, 0.05) is 35.8 Å². The summed E-state index contributed by atoms with van der Waals surface area (Å²) in [6, 6.07) is 20.0. The summed E-state index contributed by atoms with van der Waals surface area (Å²) in [5.41, 5.74) is 5.89. The molecule has 2 saturated carbocycles. The number of hydrogen-bond acceptors (Lipinski definition) is 4. The molecule has 8 rings (SSSR count). The maximum atomic E-state index is 14.2. The maximum absolute atomic E-state index is 14.2.